The number of hydrogen-bond acceptors (Lipinski definition) is 4. The molecule has 0 spiro atoms. The van der Waals surface area contributed by atoms with Gasteiger partial charge < -0.3 is 4.74 Å². The maximum atomic E-state index is 13.9. The van der Waals surface area contributed by atoms with Crippen molar-refractivity contribution < 1.29 is 13.9 Å². The molecule has 0 saturated heterocycles. The molecule has 7 heteroatoms. The van der Waals surface area contributed by atoms with E-state index in [2.05, 4.69) is 10.1 Å². The van der Waals surface area contributed by atoms with Gasteiger partial charge in [0.05, 0.1) is 19.0 Å². The Labute approximate surface area is 123 Å². The third kappa shape index (κ3) is 2.23. The van der Waals surface area contributed by atoms with Gasteiger partial charge in [-0.15, -0.1) is 0 Å². The predicted octanol–water partition coefficient (Wildman–Crippen LogP) is 2.98. The number of nitrogens with zero attached hydrogens (tertiary/aromatic N) is 3. The summed E-state index contributed by atoms with van der Waals surface area (Å²) in [7, 11) is 1.25. The van der Waals surface area contributed by atoms with Gasteiger partial charge in [-0.1, -0.05) is 23.7 Å². The summed E-state index contributed by atoms with van der Waals surface area (Å²) >= 11 is 6.00. The van der Waals surface area contributed by atoms with Crippen LogP contribution < -0.4 is 0 Å². The first-order valence-electron chi connectivity index (χ1n) is 5.99. The zero-order chi connectivity index (χ0) is 15.0. The van der Waals surface area contributed by atoms with E-state index in [4.69, 9.17) is 16.3 Å². The minimum Gasteiger partial charge on any atom is -0.464 e. The smallest absolute Gasteiger partial charge is 0.356 e. The van der Waals surface area contributed by atoms with Gasteiger partial charge in [0.1, 0.15) is 10.8 Å². The number of fused-ring (bicyclic) bond motifs is 1. The quantitative estimate of drug-likeness (QED) is 0.683. The number of carbonyl (C=O) groups is 1. The molecule has 0 aliphatic heterocycles. The Kier molecular flexibility index (Phi) is 3.31. The van der Waals surface area contributed by atoms with Crippen molar-refractivity contribution in [2.45, 2.75) is 0 Å². The van der Waals surface area contributed by atoms with Crippen LogP contribution in [-0.4, -0.2) is 27.7 Å². The standard InChI is InChI=1S/C14H9ClFN3O2/c1-21-14(20)12-6-11(8-4-2-3-5-10(8)16)18-13-9(15)7-17-19(12)13/h2-7H,1H3. The number of hydrogen-bond donors (Lipinski definition) is 0. The fourth-order valence-corrected chi connectivity index (χ4v) is 2.16. The first-order valence-corrected chi connectivity index (χ1v) is 6.37. The van der Waals surface area contributed by atoms with Crippen molar-refractivity contribution >= 4 is 23.2 Å². The Bertz CT molecular complexity index is 847. The van der Waals surface area contributed by atoms with Crippen LogP contribution in [0, 0.1) is 5.82 Å². The van der Waals surface area contributed by atoms with Gasteiger partial charge in [-0.25, -0.2) is 18.7 Å². The van der Waals surface area contributed by atoms with Crippen LogP contribution in [0.25, 0.3) is 16.9 Å². The molecule has 0 amide bonds. The molecule has 2 aromatic heterocycles. The molecule has 3 rings (SSSR count). The molecule has 0 radical (unpaired) electrons. The van der Waals surface area contributed by atoms with Gasteiger partial charge in [-0.2, -0.15) is 5.10 Å². The zero-order valence-electron chi connectivity index (χ0n) is 10.9. The molecule has 0 bridgehead atoms. The highest BCUT2D eigenvalue weighted by Gasteiger charge is 2.18. The number of esters is 1. The molecular formula is C14H9ClFN3O2. The number of methoxy groups -OCH3 is 1. The van der Waals surface area contributed by atoms with Crippen LogP contribution >= 0.6 is 11.6 Å². The molecular weight excluding hydrogens is 297 g/mol. The van der Waals surface area contributed by atoms with Gasteiger partial charge in [0, 0.05) is 5.56 Å². The van der Waals surface area contributed by atoms with E-state index in [1.807, 2.05) is 0 Å². The second-order valence-corrected chi connectivity index (χ2v) is 4.63. The molecule has 21 heavy (non-hydrogen) atoms. The molecule has 0 atom stereocenters. The molecule has 1 aromatic carbocycles. The predicted molar refractivity (Wildman–Crippen MR) is 74.7 cm³/mol. The van der Waals surface area contributed by atoms with E-state index in [0.29, 0.717) is 0 Å². The van der Waals surface area contributed by atoms with E-state index in [1.165, 1.54) is 30.0 Å². The van der Waals surface area contributed by atoms with E-state index in [9.17, 15) is 9.18 Å². The summed E-state index contributed by atoms with van der Waals surface area (Å²) in [6.07, 6.45) is 1.36. The van der Waals surface area contributed by atoms with Crippen molar-refractivity contribution in [3.8, 4) is 11.3 Å². The number of rotatable bonds is 2. The van der Waals surface area contributed by atoms with Gasteiger partial charge in [0.25, 0.3) is 0 Å². The van der Waals surface area contributed by atoms with Crippen molar-refractivity contribution in [1.82, 2.24) is 14.6 Å². The lowest BCUT2D eigenvalue weighted by atomic mass is 10.1. The van der Waals surface area contributed by atoms with Crippen LogP contribution in [0.15, 0.2) is 36.5 Å². The summed E-state index contributed by atoms with van der Waals surface area (Å²) in [4.78, 5) is 16.1. The van der Waals surface area contributed by atoms with E-state index >= 15 is 0 Å². The Hall–Kier alpha value is -2.47. The fraction of sp³-hybridized carbons (Fsp3) is 0.0714. The highest BCUT2D eigenvalue weighted by molar-refractivity contribution is 6.33. The van der Waals surface area contributed by atoms with Gasteiger partial charge in [-0.3, -0.25) is 0 Å². The Balaban J connectivity index is 2.32. The lowest BCUT2D eigenvalue weighted by Gasteiger charge is -2.07. The topological polar surface area (TPSA) is 56.5 Å². The van der Waals surface area contributed by atoms with E-state index in [0.717, 1.165) is 0 Å². The maximum Gasteiger partial charge on any atom is 0.356 e. The van der Waals surface area contributed by atoms with Crippen molar-refractivity contribution in [3.05, 3.63) is 53.1 Å². The Morgan fingerprint density at radius 1 is 1.38 bits per heavy atom. The van der Waals surface area contributed by atoms with Gasteiger partial charge in [0.2, 0.25) is 0 Å². The second-order valence-electron chi connectivity index (χ2n) is 4.23. The number of carbonyl (C=O) groups excluding carboxylic acids is 1. The van der Waals surface area contributed by atoms with E-state index in [-0.39, 0.29) is 27.6 Å². The third-order valence-corrected chi connectivity index (χ3v) is 3.24. The molecule has 5 nitrogen and oxygen atoms in total. The molecule has 0 N–H and O–H groups in total. The Morgan fingerprint density at radius 2 is 2.14 bits per heavy atom. The summed E-state index contributed by atoms with van der Waals surface area (Å²) in [5.74, 6) is -1.06. The average molecular weight is 306 g/mol. The van der Waals surface area contributed by atoms with Crippen LogP contribution in [0.5, 0.6) is 0 Å². The monoisotopic (exact) mass is 305 g/mol. The summed E-state index contributed by atoms with van der Waals surface area (Å²) in [6.45, 7) is 0. The van der Waals surface area contributed by atoms with E-state index < -0.39 is 11.8 Å². The van der Waals surface area contributed by atoms with Crippen LogP contribution in [0.1, 0.15) is 10.5 Å². The highest BCUT2D eigenvalue weighted by atomic mass is 35.5. The van der Waals surface area contributed by atoms with Crippen molar-refractivity contribution in [1.29, 1.82) is 0 Å². The third-order valence-electron chi connectivity index (χ3n) is 2.97. The summed E-state index contributed by atoms with van der Waals surface area (Å²) in [6, 6.07) is 7.56. The largest absolute Gasteiger partial charge is 0.464 e. The molecule has 2 heterocycles. The van der Waals surface area contributed by atoms with Crippen LogP contribution in [0.2, 0.25) is 5.02 Å². The minimum absolute atomic E-state index is 0.118. The van der Waals surface area contributed by atoms with Gasteiger partial charge in [0.15, 0.2) is 11.3 Å². The lowest BCUT2D eigenvalue weighted by molar-refractivity contribution is 0.0590. The van der Waals surface area contributed by atoms with Crippen molar-refractivity contribution in [2.75, 3.05) is 7.11 Å². The summed E-state index contributed by atoms with van der Waals surface area (Å²) < 4.78 is 19.9. The second kappa shape index (κ2) is 5.14. The zero-order valence-corrected chi connectivity index (χ0v) is 11.6. The maximum absolute atomic E-state index is 13.9. The van der Waals surface area contributed by atoms with Gasteiger partial charge in [-0.05, 0) is 18.2 Å². The molecule has 0 aliphatic rings. The van der Waals surface area contributed by atoms with E-state index in [1.54, 1.807) is 18.2 Å². The molecule has 0 saturated carbocycles. The highest BCUT2D eigenvalue weighted by Crippen LogP contribution is 2.25. The lowest BCUT2D eigenvalue weighted by Crippen LogP contribution is -2.10. The average Bonchev–Trinajstić information content (AvgIpc) is 2.87. The number of benzene rings is 1. The van der Waals surface area contributed by atoms with Crippen LogP contribution in [-0.2, 0) is 4.74 Å². The van der Waals surface area contributed by atoms with Crippen LogP contribution in [0.3, 0.4) is 0 Å². The minimum atomic E-state index is -0.611. The number of aromatic nitrogens is 3. The summed E-state index contributed by atoms with van der Waals surface area (Å²) in [5.41, 5.74) is 0.927. The SMILES string of the molecule is COC(=O)c1cc(-c2ccccc2F)nc2c(Cl)cnn12. The molecule has 106 valence electrons. The van der Waals surface area contributed by atoms with Gasteiger partial charge >= 0.3 is 5.97 Å². The first-order chi connectivity index (χ1) is 10.1. The molecule has 0 unspecified atom stereocenters. The number of ether oxygens (including phenoxy) is 1. The number of halogens is 2. The normalized spacial score (nSPS) is 10.8. The van der Waals surface area contributed by atoms with Crippen LogP contribution in [0.4, 0.5) is 4.39 Å². The fourth-order valence-electron chi connectivity index (χ4n) is 1.99. The Morgan fingerprint density at radius 3 is 2.86 bits per heavy atom. The van der Waals surface area contributed by atoms with Crippen molar-refractivity contribution in [2.24, 2.45) is 0 Å². The molecule has 0 fully saturated rings. The first kappa shape index (κ1) is 13.5. The molecule has 3 aromatic rings. The van der Waals surface area contributed by atoms with Crippen molar-refractivity contribution in [3.63, 3.8) is 0 Å². The molecule has 0 aliphatic carbocycles. The summed E-state index contributed by atoms with van der Waals surface area (Å²) in [5, 5.41) is 4.23.